The lowest BCUT2D eigenvalue weighted by molar-refractivity contribution is 0.170. The molecule has 0 heterocycles. The molecule has 0 aromatic heterocycles. The fourth-order valence-electron chi connectivity index (χ4n) is 2.04. The van der Waals surface area contributed by atoms with E-state index < -0.39 is 32.5 Å². The number of rotatable bonds is 9. The average Bonchev–Trinajstić information content (AvgIpc) is 2.08. The molecule has 8 heteroatoms. The van der Waals surface area contributed by atoms with E-state index in [1.807, 2.05) is 6.92 Å². The molecule has 4 nitrogen and oxygen atoms in total. The summed E-state index contributed by atoms with van der Waals surface area (Å²) >= 11 is 0. The van der Waals surface area contributed by atoms with Gasteiger partial charge < -0.3 is 17.8 Å². The molecule has 0 aliphatic heterocycles. The first kappa shape index (κ1) is 21.4. The molecule has 1 atom stereocenters. The Balaban J connectivity index is 5.23. The van der Waals surface area contributed by atoms with E-state index in [2.05, 4.69) is 59.0 Å². The molecule has 1 N–H and O–H groups in total. The first-order chi connectivity index (χ1) is 9.08. The molecule has 0 bridgehead atoms. The van der Waals surface area contributed by atoms with Crippen LogP contribution in [0.2, 0.25) is 52.4 Å². The Morgan fingerprint density at radius 3 is 1.67 bits per heavy atom. The summed E-state index contributed by atoms with van der Waals surface area (Å²) in [5.41, 5.74) is 0.949. The van der Waals surface area contributed by atoms with E-state index in [1.165, 1.54) is 0 Å². The van der Waals surface area contributed by atoms with Gasteiger partial charge in [-0.3, -0.25) is 0 Å². The van der Waals surface area contributed by atoms with Gasteiger partial charge in [0.25, 0.3) is 0 Å². The molecule has 0 saturated carbocycles. The minimum atomic E-state index is -3.04. The molecule has 0 aliphatic carbocycles. The van der Waals surface area contributed by atoms with Crippen molar-refractivity contribution in [2.75, 3.05) is 12.8 Å². The summed E-state index contributed by atoms with van der Waals surface area (Å²) < 4.78 is 18.3. The molecular formula is C13H34O4Si4. The second-order valence-corrected chi connectivity index (χ2v) is 29.1. The molecule has 0 rings (SSSR count). The largest absolute Gasteiger partial charge is 0.454 e. The van der Waals surface area contributed by atoms with Crippen LogP contribution in [0, 0.1) is 0 Å². The number of hydrogen-bond donors (Lipinski definition) is 1. The normalized spacial score (nSPS) is 16.7. The zero-order chi connectivity index (χ0) is 17.1. The Kier molecular flexibility index (Phi) is 7.50. The highest BCUT2D eigenvalue weighted by atomic mass is 29.3. The fourth-order valence-corrected chi connectivity index (χ4v) is 25.3. The van der Waals surface area contributed by atoms with Gasteiger partial charge in [-0.15, -0.1) is 0 Å². The van der Waals surface area contributed by atoms with Gasteiger partial charge in [0, 0.05) is 0 Å². The SMILES string of the molecule is C=C(C)COC[Si](O)(O[Si](C)(C)C)[Si](C)(C)O[Si](C)(C)C. The number of ether oxygens (including phenoxy) is 1. The highest BCUT2D eigenvalue weighted by Crippen LogP contribution is 2.27. The standard InChI is InChI=1S/C13H34O4Si4/c1-13(2)11-15-12-21(14,17-19(6,7)8)20(9,10)16-18(3,4)5/h14H,1,11-12H2,2-10H3. The van der Waals surface area contributed by atoms with Crippen LogP contribution in [-0.2, 0) is 13.0 Å². The smallest absolute Gasteiger partial charge is 0.361 e. The Bertz CT molecular complexity index is 360. The third-order valence-corrected chi connectivity index (χ3v) is 21.3. The van der Waals surface area contributed by atoms with Crippen molar-refractivity contribution in [2.24, 2.45) is 0 Å². The maximum absolute atomic E-state index is 11.3. The first-order valence-corrected chi connectivity index (χ1v) is 20.2. The molecule has 0 fully saturated rings. The van der Waals surface area contributed by atoms with Crippen LogP contribution in [0.3, 0.4) is 0 Å². The molecule has 126 valence electrons. The van der Waals surface area contributed by atoms with Crippen molar-refractivity contribution < 1.29 is 17.8 Å². The Labute approximate surface area is 134 Å². The van der Waals surface area contributed by atoms with Crippen LogP contribution in [0.5, 0.6) is 0 Å². The summed E-state index contributed by atoms with van der Waals surface area (Å²) in [5.74, 6) is 0. The van der Waals surface area contributed by atoms with Crippen LogP contribution in [0.15, 0.2) is 12.2 Å². The lowest BCUT2D eigenvalue weighted by Crippen LogP contribution is -2.71. The van der Waals surface area contributed by atoms with Crippen molar-refractivity contribution in [3.05, 3.63) is 12.2 Å². The Morgan fingerprint density at radius 2 is 1.33 bits per heavy atom. The zero-order valence-electron chi connectivity index (χ0n) is 15.3. The van der Waals surface area contributed by atoms with Crippen LogP contribution in [0.1, 0.15) is 6.92 Å². The van der Waals surface area contributed by atoms with Crippen LogP contribution >= 0.6 is 0 Å². The second kappa shape index (κ2) is 7.35. The maximum Gasteiger partial charge on any atom is 0.361 e. The van der Waals surface area contributed by atoms with Gasteiger partial charge in [0.05, 0.1) is 12.8 Å². The van der Waals surface area contributed by atoms with Crippen molar-refractivity contribution in [1.82, 2.24) is 0 Å². The summed E-state index contributed by atoms with van der Waals surface area (Å²) in [6.45, 7) is 23.1. The van der Waals surface area contributed by atoms with Crippen LogP contribution in [0.4, 0.5) is 0 Å². The highest BCUT2D eigenvalue weighted by molar-refractivity contribution is 7.35. The molecule has 0 aromatic carbocycles. The third kappa shape index (κ3) is 8.60. The molecule has 21 heavy (non-hydrogen) atoms. The van der Waals surface area contributed by atoms with Crippen molar-refractivity contribution in [2.45, 2.75) is 59.3 Å². The molecule has 0 aliphatic rings. The minimum Gasteiger partial charge on any atom is -0.454 e. The van der Waals surface area contributed by atoms with E-state index >= 15 is 0 Å². The monoisotopic (exact) mass is 366 g/mol. The Morgan fingerprint density at radius 1 is 0.905 bits per heavy atom. The molecule has 0 amide bonds. The summed E-state index contributed by atoms with van der Waals surface area (Å²) in [6, 6.07) is 0. The van der Waals surface area contributed by atoms with Crippen molar-refractivity contribution in [1.29, 1.82) is 0 Å². The van der Waals surface area contributed by atoms with Crippen LogP contribution < -0.4 is 0 Å². The van der Waals surface area contributed by atoms with E-state index in [4.69, 9.17) is 13.0 Å². The molecule has 0 radical (unpaired) electrons. The van der Waals surface area contributed by atoms with Crippen LogP contribution in [-0.4, -0.2) is 50.2 Å². The van der Waals surface area contributed by atoms with E-state index in [9.17, 15) is 4.80 Å². The van der Waals surface area contributed by atoms with Gasteiger partial charge in [-0.05, 0) is 59.3 Å². The molecule has 0 aromatic rings. The van der Waals surface area contributed by atoms with E-state index in [0.29, 0.717) is 6.61 Å². The first-order valence-electron chi connectivity index (χ1n) is 7.43. The Hall–Kier alpha value is 0.448. The van der Waals surface area contributed by atoms with Gasteiger partial charge >= 0.3 is 8.08 Å². The topological polar surface area (TPSA) is 47.9 Å². The van der Waals surface area contributed by atoms with Crippen LogP contribution in [0.25, 0.3) is 0 Å². The molecule has 1 unspecified atom stereocenters. The summed E-state index contributed by atoms with van der Waals surface area (Å²) in [4.78, 5) is 11.3. The highest BCUT2D eigenvalue weighted by Gasteiger charge is 2.56. The predicted molar refractivity (Wildman–Crippen MR) is 99.9 cm³/mol. The molecule has 0 saturated heterocycles. The van der Waals surface area contributed by atoms with Crippen molar-refractivity contribution in [3.8, 4) is 0 Å². The fraction of sp³-hybridized carbons (Fsp3) is 0.846. The van der Waals surface area contributed by atoms with Crippen molar-refractivity contribution in [3.63, 3.8) is 0 Å². The molecule has 0 spiro atoms. The number of hydrogen-bond acceptors (Lipinski definition) is 4. The minimum absolute atomic E-state index is 0.272. The van der Waals surface area contributed by atoms with Gasteiger partial charge in [0.1, 0.15) is 0 Å². The lowest BCUT2D eigenvalue weighted by atomic mass is 10.4. The lowest BCUT2D eigenvalue weighted by Gasteiger charge is -2.43. The third-order valence-electron chi connectivity index (χ3n) is 2.62. The molecular weight excluding hydrogens is 332 g/mol. The quantitative estimate of drug-likeness (QED) is 0.501. The van der Waals surface area contributed by atoms with Gasteiger partial charge in [-0.25, -0.2) is 0 Å². The van der Waals surface area contributed by atoms with Gasteiger partial charge in [0.2, 0.25) is 7.83 Å². The van der Waals surface area contributed by atoms with Crippen molar-refractivity contribution >= 4 is 32.5 Å². The maximum atomic E-state index is 11.3. The summed E-state index contributed by atoms with van der Waals surface area (Å²) in [7, 11) is -9.02. The van der Waals surface area contributed by atoms with E-state index in [0.717, 1.165) is 5.57 Å². The van der Waals surface area contributed by atoms with E-state index in [-0.39, 0.29) is 6.23 Å². The average molecular weight is 367 g/mol. The zero-order valence-corrected chi connectivity index (χ0v) is 19.3. The van der Waals surface area contributed by atoms with Gasteiger partial charge in [0.15, 0.2) is 16.6 Å². The van der Waals surface area contributed by atoms with E-state index in [1.54, 1.807) is 0 Å². The van der Waals surface area contributed by atoms with Gasteiger partial charge in [-0.2, -0.15) is 0 Å². The predicted octanol–water partition coefficient (Wildman–Crippen LogP) is 3.54. The second-order valence-electron chi connectivity index (χ2n) is 8.17. The van der Waals surface area contributed by atoms with Gasteiger partial charge in [-0.1, -0.05) is 12.2 Å². The summed E-state index contributed by atoms with van der Waals surface area (Å²) in [5, 5.41) is 0. The summed E-state index contributed by atoms with van der Waals surface area (Å²) in [6.07, 6.45) is 0.272.